The van der Waals surface area contributed by atoms with E-state index < -0.39 is 47.0 Å². The molecule has 0 atom stereocenters. The van der Waals surface area contributed by atoms with E-state index in [1.165, 1.54) is 0 Å². The summed E-state index contributed by atoms with van der Waals surface area (Å²) in [7, 11) is 0. The molecule has 0 spiro atoms. The van der Waals surface area contributed by atoms with Crippen molar-refractivity contribution in [3.63, 3.8) is 0 Å². The maximum absolute atomic E-state index is 12.5. The van der Waals surface area contributed by atoms with E-state index in [0.717, 1.165) is 0 Å². The third kappa shape index (κ3) is 3.28. The zero-order chi connectivity index (χ0) is 14.1. The van der Waals surface area contributed by atoms with E-state index in [-0.39, 0.29) is 0 Å². The van der Waals surface area contributed by atoms with Gasteiger partial charge in [-0.15, -0.1) is 0 Å². The van der Waals surface area contributed by atoms with Crippen molar-refractivity contribution in [1.82, 2.24) is 4.98 Å². The van der Waals surface area contributed by atoms with Gasteiger partial charge in [0.1, 0.15) is 11.4 Å². The van der Waals surface area contributed by atoms with Crippen LogP contribution in [0.5, 0.6) is 0 Å². The molecular formula is C9H5ClF5NO2. The van der Waals surface area contributed by atoms with E-state index in [9.17, 15) is 26.7 Å². The van der Waals surface area contributed by atoms with E-state index in [2.05, 4.69) is 4.98 Å². The van der Waals surface area contributed by atoms with Crippen LogP contribution in [-0.4, -0.2) is 16.1 Å². The van der Waals surface area contributed by atoms with E-state index in [0.29, 0.717) is 6.07 Å². The lowest BCUT2D eigenvalue weighted by Crippen LogP contribution is -2.14. The van der Waals surface area contributed by atoms with Gasteiger partial charge in [-0.25, -0.2) is 13.8 Å². The summed E-state index contributed by atoms with van der Waals surface area (Å²) in [5.74, 6) is -1.50. The lowest BCUT2D eigenvalue weighted by Gasteiger charge is -2.12. The molecule has 9 heteroatoms. The second-order valence-electron chi connectivity index (χ2n) is 3.22. The summed E-state index contributed by atoms with van der Waals surface area (Å²) in [5, 5.41) is 7.77. The molecule has 0 fully saturated rings. The predicted molar refractivity (Wildman–Crippen MR) is 50.5 cm³/mol. The van der Waals surface area contributed by atoms with Crippen LogP contribution >= 0.6 is 11.6 Å². The van der Waals surface area contributed by atoms with Crippen LogP contribution in [0.25, 0.3) is 0 Å². The van der Waals surface area contributed by atoms with Crippen molar-refractivity contribution >= 4 is 17.6 Å². The molecule has 0 unspecified atom stereocenters. The topological polar surface area (TPSA) is 50.2 Å². The third-order valence-corrected chi connectivity index (χ3v) is 2.26. The van der Waals surface area contributed by atoms with Crippen molar-refractivity contribution in [3.05, 3.63) is 28.0 Å². The zero-order valence-corrected chi connectivity index (χ0v) is 9.19. The average molecular weight is 290 g/mol. The quantitative estimate of drug-likeness (QED) is 0.869. The predicted octanol–water partition coefficient (Wildman–Crippen LogP) is 3.32. The first-order chi connectivity index (χ1) is 8.12. The van der Waals surface area contributed by atoms with Crippen molar-refractivity contribution in [3.8, 4) is 0 Å². The standard InChI is InChI=1S/C9H5ClF5NO2/c10-4-2-5(9(13,14)15)16-7(8(11)12)3(4)1-6(17)18/h2,8H,1H2,(H,17,18). The van der Waals surface area contributed by atoms with Crippen molar-refractivity contribution in [1.29, 1.82) is 0 Å². The van der Waals surface area contributed by atoms with Gasteiger partial charge in [0.15, 0.2) is 0 Å². The Morgan fingerprint density at radius 2 is 2.00 bits per heavy atom. The van der Waals surface area contributed by atoms with Gasteiger partial charge in [-0.05, 0) is 6.07 Å². The first-order valence-electron chi connectivity index (χ1n) is 4.39. The van der Waals surface area contributed by atoms with Crippen LogP contribution in [-0.2, 0) is 17.4 Å². The molecule has 1 heterocycles. The minimum Gasteiger partial charge on any atom is -0.481 e. The van der Waals surface area contributed by atoms with E-state index >= 15 is 0 Å². The molecule has 0 bridgehead atoms. The molecule has 1 aromatic heterocycles. The van der Waals surface area contributed by atoms with Crippen LogP contribution < -0.4 is 0 Å². The molecule has 0 amide bonds. The van der Waals surface area contributed by atoms with Gasteiger partial charge in [-0.3, -0.25) is 4.79 Å². The second-order valence-corrected chi connectivity index (χ2v) is 3.63. The van der Waals surface area contributed by atoms with E-state index in [4.69, 9.17) is 16.7 Å². The molecular weight excluding hydrogens is 285 g/mol. The van der Waals surface area contributed by atoms with Crippen LogP contribution in [0.4, 0.5) is 22.0 Å². The molecule has 0 aliphatic rings. The highest BCUT2D eigenvalue weighted by molar-refractivity contribution is 6.31. The van der Waals surface area contributed by atoms with Crippen molar-refractivity contribution in [2.45, 2.75) is 19.0 Å². The largest absolute Gasteiger partial charge is 0.481 e. The molecule has 100 valence electrons. The number of rotatable bonds is 3. The summed E-state index contributed by atoms with van der Waals surface area (Å²) in [6, 6.07) is 0.325. The normalized spacial score (nSPS) is 11.9. The zero-order valence-electron chi connectivity index (χ0n) is 8.43. The number of aliphatic carboxylic acids is 1. The molecule has 0 aliphatic heterocycles. The molecule has 0 radical (unpaired) electrons. The number of pyridine rings is 1. The third-order valence-electron chi connectivity index (χ3n) is 1.93. The fourth-order valence-electron chi connectivity index (χ4n) is 1.21. The Balaban J connectivity index is 3.40. The minimum atomic E-state index is -4.94. The number of alkyl halides is 5. The fraction of sp³-hybridized carbons (Fsp3) is 0.333. The summed E-state index contributed by atoms with van der Waals surface area (Å²) >= 11 is 5.39. The van der Waals surface area contributed by atoms with Crippen LogP contribution in [0.1, 0.15) is 23.4 Å². The Morgan fingerprint density at radius 3 is 2.39 bits per heavy atom. The number of carbonyl (C=O) groups is 1. The van der Waals surface area contributed by atoms with Gasteiger partial charge < -0.3 is 5.11 Å². The summed E-state index contributed by atoms with van der Waals surface area (Å²) < 4.78 is 62.1. The van der Waals surface area contributed by atoms with Crippen molar-refractivity contribution < 1.29 is 31.9 Å². The van der Waals surface area contributed by atoms with Gasteiger partial charge in [-0.1, -0.05) is 11.6 Å². The molecule has 3 nitrogen and oxygen atoms in total. The number of carboxylic acid groups (broad SMARTS) is 1. The fourth-order valence-corrected chi connectivity index (χ4v) is 1.48. The Morgan fingerprint density at radius 1 is 1.44 bits per heavy atom. The second kappa shape index (κ2) is 5.05. The molecule has 0 aromatic carbocycles. The van der Waals surface area contributed by atoms with Gasteiger partial charge in [-0.2, -0.15) is 13.2 Å². The highest BCUT2D eigenvalue weighted by Crippen LogP contribution is 2.34. The lowest BCUT2D eigenvalue weighted by atomic mass is 10.1. The van der Waals surface area contributed by atoms with Crippen molar-refractivity contribution in [2.24, 2.45) is 0 Å². The maximum atomic E-state index is 12.5. The Labute approximate surface area is 102 Å². The van der Waals surface area contributed by atoms with Gasteiger partial charge in [0.25, 0.3) is 6.43 Å². The summed E-state index contributed by atoms with van der Waals surface area (Å²) in [6.07, 6.45) is -9.21. The highest BCUT2D eigenvalue weighted by atomic mass is 35.5. The van der Waals surface area contributed by atoms with E-state index in [1.807, 2.05) is 0 Å². The molecule has 0 aliphatic carbocycles. The van der Waals surface area contributed by atoms with Crippen LogP contribution in [0.3, 0.4) is 0 Å². The van der Waals surface area contributed by atoms with Gasteiger partial charge in [0.05, 0.1) is 6.42 Å². The number of hydrogen-bond acceptors (Lipinski definition) is 2. The number of aromatic nitrogens is 1. The molecule has 0 saturated heterocycles. The Kier molecular flexibility index (Phi) is 4.10. The number of carboxylic acids is 1. The molecule has 1 N–H and O–H groups in total. The smallest absolute Gasteiger partial charge is 0.433 e. The highest BCUT2D eigenvalue weighted by Gasteiger charge is 2.35. The van der Waals surface area contributed by atoms with Crippen LogP contribution in [0.15, 0.2) is 6.07 Å². The summed E-state index contributed by atoms with van der Waals surface area (Å²) in [4.78, 5) is 13.2. The molecule has 0 saturated carbocycles. The molecule has 1 rings (SSSR count). The number of halogens is 6. The first-order valence-corrected chi connectivity index (χ1v) is 4.77. The van der Waals surface area contributed by atoms with Gasteiger partial charge >= 0.3 is 12.1 Å². The van der Waals surface area contributed by atoms with Gasteiger partial charge in [0, 0.05) is 10.6 Å². The van der Waals surface area contributed by atoms with Gasteiger partial charge in [0.2, 0.25) is 0 Å². The van der Waals surface area contributed by atoms with Crippen molar-refractivity contribution in [2.75, 3.05) is 0 Å². The Hall–Kier alpha value is -1.44. The van der Waals surface area contributed by atoms with Crippen LogP contribution in [0, 0.1) is 0 Å². The molecule has 1 aromatic rings. The van der Waals surface area contributed by atoms with E-state index in [1.54, 1.807) is 0 Å². The minimum absolute atomic E-state index is 0.325. The summed E-state index contributed by atoms with van der Waals surface area (Å²) in [6.45, 7) is 0. The number of nitrogens with zero attached hydrogens (tertiary/aromatic N) is 1. The lowest BCUT2D eigenvalue weighted by molar-refractivity contribution is -0.141. The number of hydrogen-bond donors (Lipinski definition) is 1. The Bertz CT molecular complexity index is 475. The van der Waals surface area contributed by atoms with Crippen LogP contribution in [0.2, 0.25) is 5.02 Å². The monoisotopic (exact) mass is 289 g/mol. The average Bonchev–Trinajstić information content (AvgIpc) is 2.17. The summed E-state index contributed by atoms with van der Waals surface area (Å²) in [5.41, 5.74) is -3.47. The first kappa shape index (κ1) is 14.6. The SMILES string of the molecule is O=C(O)Cc1c(Cl)cc(C(F)(F)F)nc1C(F)F. The maximum Gasteiger partial charge on any atom is 0.433 e. The molecule has 18 heavy (non-hydrogen) atoms.